The number of fused-ring (bicyclic) bond motifs is 5. The van der Waals surface area contributed by atoms with Gasteiger partial charge in [-0.1, -0.05) is 56.2 Å². The van der Waals surface area contributed by atoms with Crippen LogP contribution in [0.15, 0.2) is 53.3 Å². The minimum absolute atomic E-state index is 0.0200. The van der Waals surface area contributed by atoms with E-state index < -0.39 is 24.1 Å². The lowest BCUT2D eigenvalue weighted by molar-refractivity contribution is -0.234. The summed E-state index contributed by atoms with van der Waals surface area (Å²) in [6, 6.07) is 7.21. The Morgan fingerprint density at radius 3 is 2.44 bits per heavy atom. The number of halogens is 1. The molecular formula is C40H54ClN3O6. The fourth-order valence-corrected chi connectivity index (χ4v) is 11.2. The Balaban J connectivity index is 1.36. The summed E-state index contributed by atoms with van der Waals surface area (Å²) in [6.45, 7) is 14.6. The zero-order valence-electron chi connectivity index (χ0n) is 30.6. The van der Waals surface area contributed by atoms with Crippen LogP contribution in [0, 0.1) is 39.9 Å². The van der Waals surface area contributed by atoms with Gasteiger partial charge in [0.05, 0.1) is 24.1 Å². The molecule has 4 aliphatic carbocycles. The van der Waals surface area contributed by atoms with Crippen molar-refractivity contribution < 1.29 is 29.3 Å². The molecule has 0 aliphatic heterocycles. The van der Waals surface area contributed by atoms with Gasteiger partial charge in [-0.2, -0.15) is 0 Å². The van der Waals surface area contributed by atoms with Gasteiger partial charge in [-0.3, -0.25) is 4.79 Å². The molecule has 0 radical (unpaired) electrons. The molecular weight excluding hydrogens is 654 g/mol. The van der Waals surface area contributed by atoms with Crippen molar-refractivity contribution in [2.45, 2.75) is 125 Å². The van der Waals surface area contributed by atoms with Gasteiger partial charge in [0.2, 0.25) is 0 Å². The molecule has 4 saturated carbocycles. The average Bonchev–Trinajstić information content (AvgIpc) is 3.63. The van der Waals surface area contributed by atoms with Crippen molar-refractivity contribution in [3.05, 3.63) is 64.0 Å². The van der Waals surface area contributed by atoms with E-state index in [0.29, 0.717) is 47.9 Å². The highest BCUT2D eigenvalue weighted by Crippen LogP contribution is 2.74. The lowest BCUT2D eigenvalue weighted by atomic mass is 9.36. The van der Waals surface area contributed by atoms with E-state index in [9.17, 15) is 19.8 Å². The van der Waals surface area contributed by atoms with Crippen molar-refractivity contribution >= 4 is 23.5 Å². The van der Waals surface area contributed by atoms with Crippen molar-refractivity contribution in [1.29, 1.82) is 0 Å². The Bertz CT molecular complexity index is 1660. The third-order valence-electron chi connectivity index (χ3n) is 13.5. The number of hydrogen-bond donors (Lipinski definition) is 2. The van der Waals surface area contributed by atoms with Gasteiger partial charge in [0, 0.05) is 17.5 Å². The van der Waals surface area contributed by atoms with E-state index in [4.69, 9.17) is 21.1 Å². The number of carbonyl (C=O) groups excluding carboxylic acids is 2. The number of ether oxygens (including phenoxy) is 2. The van der Waals surface area contributed by atoms with Crippen molar-refractivity contribution in [3.8, 4) is 5.69 Å². The minimum atomic E-state index is -0.600. The first-order chi connectivity index (χ1) is 23.6. The lowest BCUT2D eigenvalue weighted by Crippen LogP contribution is -2.65. The first kappa shape index (κ1) is 36.8. The Morgan fingerprint density at radius 1 is 1.04 bits per heavy atom. The first-order valence-electron chi connectivity index (χ1n) is 18.3. The van der Waals surface area contributed by atoms with E-state index in [-0.39, 0.29) is 46.7 Å². The summed E-state index contributed by atoms with van der Waals surface area (Å²) in [6.07, 6.45) is 7.93. The van der Waals surface area contributed by atoms with E-state index >= 15 is 0 Å². The van der Waals surface area contributed by atoms with Crippen molar-refractivity contribution in [2.24, 2.45) is 39.9 Å². The third-order valence-corrected chi connectivity index (χ3v) is 13.8. The van der Waals surface area contributed by atoms with Crippen LogP contribution in [0.5, 0.6) is 0 Å². The Kier molecular flexibility index (Phi) is 10.2. The highest BCUT2D eigenvalue weighted by molar-refractivity contribution is 6.30. The summed E-state index contributed by atoms with van der Waals surface area (Å²) in [5.74, 6) is -0.502. The molecule has 1 aromatic carbocycles. The van der Waals surface area contributed by atoms with Gasteiger partial charge >= 0.3 is 11.9 Å². The highest BCUT2D eigenvalue weighted by Gasteiger charge is 2.70. The summed E-state index contributed by atoms with van der Waals surface area (Å²) in [5.41, 5.74) is 3.00. The van der Waals surface area contributed by atoms with E-state index in [0.717, 1.165) is 42.5 Å². The summed E-state index contributed by atoms with van der Waals surface area (Å²) < 4.78 is 13.7. The number of benzene rings is 1. The molecule has 2 aromatic rings. The molecule has 4 aliphatic rings. The minimum Gasteiger partial charge on any atom is -0.458 e. The molecule has 272 valence electrons. The molecule has 6 rings (SSSR count). The number of hydrogen-bond acceptors (Lipinski definition) is 8. The topological polar surface area (TPSA) is 124 Å². The predicted octanol–water partition coefficient (Wildman–Crippen LogP) is 7.56. The normalized spacial score (nSPS) is 37.2. The maximum Gasteiger partial charge on any atom is 0.334 e. The average molecular weight is 708 g/mol. The molecule has 0 amide bonds. The second-order valence-corrected chi connectivity index (χ2v) is 17.0. The van der Waals surface area contributed by atoms with Gasteiger partial charge in [0.15, 0.2) is 0 Å². The maximum absolute atomic E-state index is 14.3. The monoisotopic (exact) mass is 707 g/mol. The maximum atomic E-state index is 14.3. The van der Waals surface area contributed by atoms with E-state index in [2.05, 4.69) is 44.1 Å². The first-order valence-corrected chi connectivity index (χ1v) is 18.7. The van der Waals surface area contributed by atoms with E-state index in [1.165, 1.54) is 6.92 Å². The molecule has 0 spiro atoms. The molecule has 50 heavy (non-hydrogen) atoms. The molecule has 0 unspecified atom stereocenters. The smallest absolute Gasteiger partial charge is 0.334 e. The van der Waals surface area contributed by atoms with Crippen LogP contribution in [0.3, 0.4) is 0 Å². The number of rotatable bonds is 8. The Labute approximate surface area is 301 Å². The van der Waals surface area contributed by atoms with Crippen LogP contribution in [0.2, 0.25) is 5.02 Å². The molecule has 4 fully saturated rings. The number of esters is 2. The van der Waals surface area contributed by atoms with Crippen LogP contribution in [0.25, 0.3) is 5.69 Å². The van der Waals surface area contributed by atoms with Gasteiger partial charge in [0.1, 0.15) is 18.4 Å². The van der Waals surface area contributed by atoms with Crippen molar-refractivity contribution in [2.75, 3.05) is 0 Å². The highest BCUT2D eigenvalue weighted by atomic mass is 35.5. The van der Waals surface area contributed by atoms with Crippen LogP contribution in [-0.4, -0.2) is 55.5 Å². The number of carbonyl (C=O) groups is 2. The second-order valence-electron chi connectivity index (χ2n) is 16.5. The van der Waals surface area contributed by atoms with Crippen LogP contribution in [0.1, 0.15) is 106 Å². The van der Waals surface area contributed by atoms with Crippen molar-refractivity contribution in [3.63, 3.8) is 0 Å². The fourth-order valence-electron chi connectivity index (χ4n) is 11.1. The van der Waals surface area contributed by atoms with E-state index in [1.54, 1.807) is 23.0 Å². The largest absolute Gasteiger partial charge is 0.458 e. The molecule has 1 aromatic heterocycles. The molecule has 10 atom stereocenters. The number of aliphatic hydroxyl groups is 2. The standard InChI is InChI=1S/C40H54ClN3O6/c1-23(2)9-8-10-29(37(48)49-22-27-21-44(43-42-27)28-13-11-26(41)12-14-28)35-31-19-33(47)36-38(5)17-16-32(46)24(3)30(38)15-18-39(36,6)40(31,7)20-34(35)50-25(4)45/h9,11-14,21,24,30-34,36,46-47H,8,10,15-20,22H2,1-7H3/b35-29-/t24-,30-,31-,32+,33+,34-,36-,38-,39-,40-/m0/s1. The molecule has 0 saturated heterocycles. The van der Waals surface area contributed by atoms with Gasteiger partial charge in [-0.15, -0.1) is 5.10 Å². The van der Waals surface area contributed by atoms with E-state index in [1.807, 2.05) is 26.0 Å². The zero-order valence-corrected chi connectivity index (χ0v) is 31.4. The summed E-state index contributed by atoms with van der Waals surface area (Å²) >= 11 is 6.05. The van der Waals surface area contributed by atoms with Crippen LogP contribution < -0.4 is 0 Å². The van der Waals surface area contributed by atoms with Crippen LogP contribution >= 0.6 is 11.6 Å². The molecule has 0 bridgehead atoms. The Hall–Kier alpha value is -3.01. The number of nitrogens with zero attached hydrogens (tertiary/aromatic N) is 3. The molecule has 10 heteroatoms. The van der Waals surface area contributed by atoms with Gasteiger partial charge < -0.3 is 19.7 Å². The molecule has 9 nitrogen and oxygen atoms in total. The second kappa shape index (κ2) is 13.8. The van der Waals surface area contributed by atoms with Crippen LogP contribution in [0.4, 0.5) is 0 Å². The molecule has 1 heterocycles. The quantitative estimate of drug-likeness (QED) is 0.164. The van der Waals surface area contributed by atoms with Gasteiger partial charge in [0.25, 0.3) is 0 Å². The van der Waals surface area contributed by atoms with Gasteiger partial charge in [-0.25, -0.2) is 9.48 Å². The molecule has 2 N–H and O–H groups in total. The Morgan fingerprint density at radius 2 is 1.76 bits per heavy atom. The fraction of sp³-hybridized carbons (Fsp3) is 0.650. The summed E-state index contributed by atoms with van der Waals surface area (Å²) in [4.78, 5) is 26.9. The summed E-state index contributed by atoms with van der Waals surface area (Å²) in [7, 11) is 0. The lowest BCUT2D eigenvalue weighted by Gasteiger charge is -2.69. The number of aliphatic hydroxyl groups excluding tert-OH is 2. The predicted molar refractivity (Wildman–Crippen MR) is 191 cm³/mol. The van der Waals surface area contributed by atoms with Gasteiger partial charge in [-0.05, 0) is 135 Å². The number of allylic oxidation sites excluding steroid dienone is 2. The SMILES string of the molecule is CC(=O)O[C@H]1C[C@@]2(C)[C@@H](C[C@@H](O)[C@H]3[C@@]4(C)CC[C@@H](O)[C@@H](C)[C@@H]4CC[C@@]32C)/C1=C(\CCC=C(C)C)C(=O)OCc1cn(-c2ccc(Cl)cc2)nn1. The number of aromatic nitrogens is 3. The zero-order chi connectivity index (χ0) is 36.2. The third kappa shape index (κ3) is 6.36. The van der Waals surface area contributed by atoms with Crippen molar-refractivity contribution in [1.82, 2.24) is 15.0 Å². The summed E-state index contributed by atoms with van der Waals surface area (Å²) in [5, 5.41) is 32.1. The van der Waals surface area contributed by atoms with Crippen LogP contribution in [-0.2, 0) is 25.7 Å².